The maximum atomic E-state index is 12.4. The van der Waals surface area contributed by atoms with Gasteiger partial charge in [-0.15, -0.1) is 0 Å². The SMILES string of the molecule is NC1CNCCC1C1CCC(S(=O)(=O)N2CCC2)CC1. The number of nitrogens with two attached hydrogens (primary N) is 1. The molecule has 3 fully saturated rings. The summed E-state index contributed by atoms with van der Waals surface area (Å²) in [6.07, 6.45) is 5.92. The summed E-state index contributed by atoms with van der Waals surface area (Å²) in [5, 5.41) is 3.21. The molecule has 5 nitrogen and oxygen atoms in total. The van der Waals surface area contributed by atoms with Gasteiger partial charge in [0, 0.05) is 25.7 Å². The summed E-state index contributed by atoms with van der Waals surface area (Å²) in [6.45, 7) is 3.45. The molecule has 6 heteroatoms. The molecule has 0 bridgehead atoms. The van der Waals surface area contributed by atoms with E-state index in [0.29, 0.717) is 11.8 Å². The van der Waals surface area contributed by atoms with Crippen molar-refractivity contribution < 1.29 is 8.42 Å². The van der Waals surface area contributed by atoms with Crippen LogP contribution in [0, 0.1) is 11.8 Å². The monoisotopic (exact) mass is 301 g/mol. The van der Waals surface area contributed by atoms with Crippen molar-refractivity contribution >= 4 is 10.0 Å². The van der Waals surface area contributed by atoms with Gasteiger partial charge >= 0.3 is 0 Å². The highest BCUT2D eigenvalue weighted by Gasteiger charge is 2.40. The predicted molar refractivity (Wildman–Crippen MR) is 79.8 cm³/mol. The first-order valence-corrected chi connectivity index (χ1v) is 9.54. The van der Waals surface area contributed by atoms with Crippen LogP contribution in [-0.2, 0) is 10.0 Å². The van der Waals surface area contributed by atoms with Gasteiger partial charge in [-0.2, -0.15) is 0 Å². The number of nitrogens with one attached hydrogen (secondary N) is 1. The van der Waals surface area contributed by atoms with Gasteiger partial charge < -0.3 is 11.1 Å². The molecule has 1 saturated carbocycles. The average molecular weight is 301 g/mol. The molecule has 0 amide bonds. The zero-order valence-electron chi connectivity index (χ0n) is 12.1. The van der Waals surface area contributed by atoms with E-state index in [2.05, 4.69) is 5.32 Å². The molecule has 2 unspecified atom stereocenters. The summed E-state index contributed by atoms with van der Waals surface area (Å²) in [5.74, 6) is 1.22. The van der Waals surface area contributed by atoms with Crippen molar-refractivity contribution in [2.45, 2.75) is 49.8 Å². The Bertz CT molecular complexity index is 428. The minimum atomic E-state index is -3.00. The molecule has 20 heavy (non-hydrogen) atoms. The Kier molecular flexibility index (Phi) is 4.36. The first-order chi connectivity index (χ1) is 9.59. The van der Waals surface area contributed by atoms with Crippen LogP contribution < -0.4 is 11.1 Å². The van der Waals surface area contributed by atoms with Crippen LogP contribution in [0.1, 0.15) is 38.5 Å². The average Bonchev–Trinajstić information content (AvgIpc) is 2.37. The third kappa shape index (κ3) is 2.75. The van der Waals surface area contributed by atoms with E-state index in [-0.39, 0.29) is 11.3 Å². The van der Waals surface area contributed by atoms with E-state index in [1.165, 1.54) is 0 Å². The standard InChI is InChI=1S/C14H27N3O2S/c15-14-10-16-7-6-13(14)11-2-4-12(5-3-11)20(18,19)17-8-1-9-17/h11-14,16H,1-10,15H2. The van der Waals surface area contributed by atoms with Crippen LogP contribution in [0.2, 0.25) is 0 Å². The molecule has 1 aliphatic carbocycles. The van der Waals surface area contributed by atoms with Crippen LogP contribution in [0.3, 0.4) is 0 Å². The largest absolute Gasteiger partial charge is 0.326 e. The maximum absolute atomic E-state index is 12.4. The Labute approximate surface area is 122 Å². The van der Waals surface area contributed by atoms with Gasteiger partial charge in [-0.1, -0.05) is 0 Å². The van der Waals surface area contributed by atoms with Gasteiger partial charge in [0.25, 0.3) is 0 Å². The van der Waals surface area contributed by atoms with Gasteiger partial charge in [-0.05, 0) is 56.9 Å². The molecule has 3 N–H and O–H groups in total. The van der Waals surface area contributed by atoms with Crippen molar-refractivity contribution in [3.63, 3.8) is 0 Å². The fourth-order valence-electron chi connectivity index (χ4n) is 4.06. The van der Waals surface area contributed by atoms with Crippen LogP contribution in [-0.4, -0.2) is 50.2 Å². The topological polar surface area (TPSA) is 75.4 Å². The van der Waals surface area contributed by atoms with Crippen LogP contribution in [0.15, 0.2) is 0 Å². The van der Waals surface area contributed by atoms with E-state index in [1.807, 2.05) is 0 Å². The molecule has 3 aliphatic rings. The van der Waals surface area contributed by atoms with Crippen molar-refractivity contribution in [3.05, 3.63) is 0 Å². The second kappa shape index (κ2) is 5.91. The Morgan fingerprint density at radius 2 is 1.75 bits per heavy atom. The van der Waals surface area contributed by atoms with Crippen LogP contribution >= 0.6 is 0 Å². The van der Waals surface area contributed by atoms with Crippen molar-refractivity contribution in [2.75, 3.05) is 26.2 Å². The summed E-state index contributed by atoms with van der Waals surface area (Å²) in [7, 11) is -3.00. The van der Waals surface area contributed by atoms with Gasteiger partial charge in [-0.3, -0.25) is 0 Å². The highest BCUT2D eigenvalue weighted by Crippen LogP contribution is 2.37. The molecule has 0 aromatic carbocycles. The number of hydrogen-bond donors (Lipinski definition) is 2. The first-order valence-electron chi connectivity index (χ1n) is 8.04. The normalized spacial score (nSPS) is 40.2. The van der Waals surface area contributed by atoms with E-state index < -0.39 is 10.0 Å². The zero-order valence-corrected chi connectivity index (χ0v) is 12.9. The van der Waals surface area contributed by atoms with Crippen molar-refractivity contribution in [3.8, 4) is 0 Å². The van der Waals surface area contributed by atoms with E-state index in [1.54, 1.807) is 4.31 Å². The molecule has 2 aliphatic heterocycles. The molecule has 0 aromatic heterocycles. The van der Waals surface area contributed by atoms with Gasteiger partial charge in [-0.25, -0.2) is 12.7 Å². The quantitative estimate of drug-likeness (QED) is 0.797. The van der Waals surface area contributed by atoms with Gasteiger partial charge in [0.15, 0.2) is 0 Å². The van der Waals surface area contributed by atoms with Gasteiger partial charge in [0.2, 0.25) is 10.0 Å². The van der Waals surface area contributed by atoms with Crippen molar-refractivity contribution in [2.24, 2.45) is 17.6 Å². The van der Waals surface area contributed by atoms with E-state index in [9.17, 15) is 8.42 Å². The third-order valence-corrected chi connectivity index (χ3v) is 7.90. The predicted octanol–water partition coefficient (Wildman–Crippen LogP) is 0.517. The lowest BCUT2D eigenvalue weighted by Crippen LogP contribution is -2.51. The smallest absolute Gasteiger partial charge is 0.216 e. The number of sulfonamides is 1. The fourth-order valence-corrected chi connectivity index (χ4v) is 6.11. The molecule has 2 heterocycles. The highest BCUT2D eigenvalue weighted by atomic mass is 32.2. The second-order valence-electron chi connectivity index (χ2n) is 6.65. The van der Waals surface area contributed by atoms with Gasteiger partial charge in [0.1, 0.15) is 0 Å². The van der Waals surface area contributed by atoms with Gasteiger partial charge in [0.05, 0.1) is 5.25 Å². The third-order valence-electron chi connectivity index (χ3n) is 5.50. The van der Waals surface area contributed by atoms with Crippen molar-refractivity contribution in [1.82, 2.24) is 9.62 Å². The van der Waals surface area contributed by atoms with E-state index in [4.69, 9.17) is 5.73 Å². The minimum Gasteiger partial charge on any atom is -0.326 e. The summed E-state index contributed by atoms with van der Waals surface area (Å²) in [4.78, 5) is 0. The Morgan fingerprint density at radius 3 is 2.30 bits per heavy atom. The molecule has 3 rings (SSSR count). The Balaban J connectivity index is 1.56. The summed E-state index contributed by atoms with van der Waals surface area (Å²) < 4.78 is 26.5. The fraction of sp³-hybridized carbons (Fsp3) is 1.00. The number of piperidine rings is 1. The first kappa shape index (κ1) is 14.8. The lowest BCUT2D eigenvalue weighted by Gasteiger charge is -2.41. The van der Waals surface area contributed by atoms with E-state index in [0.717, 1.165) is 64.7 Å². The minimum absolute atomic E-state index is 0.128. The Hall–Kier alpha value is -0.170. The number of hydrogen-bond acceptors (Lipinski definition) is 4. The van der Waals surface area contributed by atoms with Crippen LogP contribution in [0.4, 0.5) is 0 Å². The number of nitrogens with zero attached hydrogens (tertiary/aromatic N) is 1. The summed E-state index contributed by atoms with van der Waals surface area (Å²) in [5.41, 5.74) is 6.22. The summed E-state index contributed by atoms with van der Waals surface area (Å²) >= 11 is 0. The molecular weight excluding hydrogens is 274 g/mol. The van der Waals surface area contributed by atoms with E-state index >= 15 is 0 Å². The molecule has 0 spiro atoms. The molecule has 116 valence electrons. The molecular formula is C14H27N3O2S. The molecule has 0 radical (unpaired) electrons. The Morgan fingerprint density at radius 1 is 1.05 bits per heavy atom. The molecule has 2 atom stereocenters. The molecule has 2 saturated heterocycles. The van der Waals surface area contributed by atoms with Crippen LogP contribution in [0.25, 0.3) is 0 Å². The summed E-state index contributed by atoms with van der Waals surface area (Å²) in [6, 6.07) is 0.247. The second-order valence-corrected chi connectivity index (χ2v) is 8.87. The highest BCUT2D eigenvalue weighted by molar-refractivity contribution is 7.89. The number of rotatable bonds is 3. The van der Waals surface area contributed by atoms with Crippen molar-refractivity contribution in [1.29, 1.82) is 0 Å². The lowest BCUT2D eigenvalue weighted by molar-refractivity contribution is 0.179. The zero-order chi connectivity index (χ0) is 14.2. The lowest BCUT2D eigenvalue weighted by atomic mass is 9.74. The maximum Gasteiger partial charge on any atom is 0.216 e. The molecule has 0 aromatic rings. The van der Waals surface area contributed by atoms with Crippen LogP contribution in [0.5, 0.6) is 0 Å².